The number of rotatable bonds is 6. The molecule has 1 saturated heterocycles. The molecular weight excluding hydrogens is 323 g/mol. The maximum Gasteiger partial charge on any atom is 0.227 e. The maximum absolute atomic E-state index is 13.3. The molecule has 0 radical (unpaired) electrons. The number of carbonyl (C=O) groups is 1. The molecule has 3 rings (SSSR count). The Morgan fingerprint density at radius 2 is 2.12 bits per heavy atom. The fourth-order valence-corrected chi connectivity index (χ4v) is 2.96. The minimum atomic E-state index is -0.569. The van der Waals surface area contributed by atoms with Crippen molar-refractivity contribution in [2.75, 3.05) is 26.8 Å². The van der Waals surface area contributed by atoms with Crippen LogP contribution in [-0.2, 0) is 16.0 Å². The van der Waals surface area contributed by atoms with Crippen molar-refractivity contribution in [1.29, 1.82) is 0 Å². The topological polar surface area (TPSA) is 51.7 Å². The zero-order chi connectivity index (χ0) is 17.7. The summed E-state index contributed by atoms with van der Waals surface area (Å²) in [7, 11) is 1.62. The molecule has 1 aliphatic heterocycles. The van der Waals surface area contributed by atoms with Gasteiger partial charge in [0.25, 0.3) is 0 Å². The molecule has 1 fully saturated rings. The summed E-state index contributed by atoms with van der Waals surface area (Å²) in [5, 5.41) is 0. The van der Waals surface area contributed by atoms with Gasteiger partial charge in [0.15, 0.2) is 0 Å². The third-order valence-corrected chi connectivity index (χ3v) is 4.50. The number of hydrogen-bond donors (Lipinski definition) is 0. The van der Waals surface area contributed by atoms with E-state index in [0.717, 1.165) is 5.56 Å². The number of amides is 1. The van der Waals surface area contributed by atoms with Crippen LogP contribution in [0.3, 0.4) is 0 Å². The molecule has 1 amide bonds. The lowest BCUT2D eigenvalue weighted by molar-refractivity contribution is -0.131. The van der Waals surface area contributed by atoms with Crippen LogP contribution in [-0.4, -0.2) is 48.2 Å². The zero-order valence-electron chi connectivity index (χ0n) is 14.2. The van der Waals surface area contributed by atoms with Crippen LogP contribution in [0.15, 0.2) is 48.8 Å². The van der Waals surface area contributed by atoms with E-state index in [9.17, 15) is 9.18 Å². The standard InChI is InChI=1S/C19H21FN2O3/c1-24-19(14-25-17-4-2-3-16(20)12-17)7-10-22(13-19)18(23)11-15-5-8-21-9-6-15/h2-6,8-9,12H,7,10-11,13-14H2,1H3/t19-/m1/s1. The Kier molecular flexibility index (Phi) is 5.28. The molecular formula is C19H21FN2O3. The van der Waals surface area contributed by atoms with Crippen LogP contribution in [0.2, 0.25) is 0 Å². The van der Waals surface area contributed by atoms with Gasteiger partial charge in [0.05, 0.1) is 13.0 Å². The van der Waals surface area contributed by atoms with Gasteiger partial charge in [-0.15, -0.1) is 0 Å². The molecule has 0 unspecified atom stereocenters. The van der Waals surface area contributed by atoms with Crippen LogP contribution >= 0.6 is 0 Å². The molecule has 0 N–H and O–H groups in total. The maximum atomic E-state index is 13.3. The first-order chi connectivity index (χ1) is 12.1. The van der Waals surface area contributed by atoms with Gasteiger partial charge >= 0.3 is 0 Å². The lowest BCUT2D eigenvalue weighted by Crippen LogP contribution is -2.42. The van der Waals surface area contributed by atoms with Crippen LogP contribution < -0.4 is 4.74 Å². The fourth-order valence-electron chi connectivity index (χ4n) is 2.96. The van der Waals surface area contributed by atoms with E-state index in [0.29, 0.717) is 31.7 Å². The normalized spacial score (nSPS) is 19.8. The van der Waals surface area contributed by atoms with E-state index >= 15 is 0 Å². The van der Waals surface area contributed by atoms with E-state index in [4.69, 9.17) is 9.47 Å². The minimum absolute atomic E-state index is 0.0517. The predicted molar refractivity (Wildman–Crippen MR) is 90.8 cm³/mol. The van der Waals surface area contributed by atoms with Crippen molar-refractivity contribution < 1.29 is 18.7 Å². The second-order valence-corrected chi connectivity index (χ2v) is 6.23. The summed E-state index contributed by atoms with van der Waals surface area (Å²) in [6.45, 7) is 1.35. The Morgan fingerprint density at radius 3 is 2.84 bits per heavy atom. The SMILES string of the molecule is CO[C@]1(COc2cccc(F)c2)CCN(C(=O)Cc2ccncc2)C1. The molecule has 2 aromatic rings. The number of hydrogen-bond acceptors (Lipinski definition) is 4. The summed E-state index contributed by atoms with van der Waals surface area (Å²) in [4.78, 5) is 18.2. The highest BCUT2D eigenvalue weighted by Gasteiger charge is 2.41. The fraction of sp³-hybridized carbons (Fsp3) is 0.368. The number of aromatic nitrogens is 1. The number of carbonyl (C=O) groups excluding carboxylic acids is 1. The number of methoxy groups -OCH3 is 1. The summed E-state index contributed by atoms with van der Waals surface area (Å²) < 4.78 is 24.6. The molecule has 0 aliphatic carbocycles. The van der Waals surface area contributed by atoms with Crippen LogP contribution in [0.1, 0.15) is 12.0 Å². The number of nitrogens with zero attached hydrogens (tertiary/aromatic N) is 2. The van der Waals surface area contributed by atoms with E-state index in [1.165, 1.54) is 12.1 Å². The van der Waals surface area contributed by atoms with Crippen LogP contribution in [0.25, 0.3) is 0 Å². The number of ether oxygens (including phenoxy) is 2. The highest BCUT2D eigenvalue weighted by Crippen LogP contribution is 2.27. The Bertz CT molecular complexity index is 726. The summed E-state index contributed by atoms with van der Waals surface area (Å²) >= 11 is 0. The Hall–Kier alpha value is -2.47. The van der Waals surface area contributed by atoms with Crippen molar-refractivity contribution >= 4 is 5.91 Å². The molecule has 2 heterocycles. The van der Waals surface area contributed by atoms with Gasteiger partial charge in [-0.2, -0.15) is 0 Å². The monoisotopic (exact) mass is 344 g/mol. The highest BCUT2D eigenvalue weighted by molar-refractivity contribution is 5.79. The molecule has 1 aliphatic rings. The molecule has 25 heavy (non-hydrogen) atoms. The van der Waals surface area contributed by atoms with Gasteiger partial charge < -0.3 is 14.4 Å². The first-order valence-corrected chi connectivity index (χ1v) is 8.20. The van der Waals surface area contributed by atoms with Gasteiger partial charge in [-0.05, 0) is 36.2 Å². The van der Waals surface area contributed by atoms with Crippen LogP contribution in [0.5, 0.6) is 5.75 Å². The lowest BCUT2D eigenvalue weighted by Gasteiger charge is -2.28. The average Bonchev–Trinajstić information content (AvgIpc) is 3.06. The van der Waals surface area contributed by atoms with Gasteiger partial charge in [-0.3, -0.25) is 9.78 Å². The number of likely N-dealkylation sites (tertiary alicyclic amines) is 1. The molecule has 6 heteroatoms. The molecule has 5 nitrogen and oxygen atoms in total. The Labute approximate surface area is 146 Å². The summed E-state index contributed by atoms with van der Waals surface area (Å²) in [6.07, 6.45) is 4.38. The van der Waals surface area contributed by atoms with Gasteiger partial charge in [-0.25, -0.2) is 4.39 Å². The van der Waals surface area contributed by atoms with Crippen molar-refractivity contribution in [2.24, 2.45) is 0 Å². The smallest absolute Gasteiger partial charge is 0.227 e. The highest BCUT2D eigenvalue weighted by atomic mass is 19.1. The second-order valence-electron chi connectivity index (χ2n) is 6.23. The largest absolute Gasteiger partial charge is 0.490 e. The molecule has 1 aromatic carbocycles. The number of benzene rings is 1. The first-order valence-electron chi connectivity index (χ1n) is 8.20. The lowest BCUT2D eigenvalue weighted by atomic mass is 10.0. The van der Waals surface area contributed by atoms with E-state index in [1.54, 1.807) is 36.5 Å². The Morgan fingerprint density at radius 1 is 1.32 bits per heavy atom. The molecule has 1 atom stereocenters. The van der Waals surface area contributed by atoms with Crippen LogP contribution in [0, 0.1) is 5.82 Å². The third kappa shape index (κ3) is 4.33. The zero-order valence-corrected chi connectivity index (χ0v) is 14.2. The third-order valence-electron chi connectivity index (χ3n) is 4.50. The number of halogens is 1. The van der Waals surface area contributed by atoms with Gasteiger partial charge in [0, 0.05) is 32.1 Å². The summed E-state index contributed by atoms with van der Waals surface area (Å²) in [5.74, 6) is 0.165. The molecule has 0 spiro atoms. The van der Waals surface area contributed by atoms with Crippen LogP contribution in [0.4, 0.5) is 4.39 Å². The molecule has 132 valence electrons. The van der Waals surface area contributed by atoms with Gasteiger partial charge in [0.1, 0.15) is 23.8 Å². The van der Waals surface area contributed by atoms with E-state index in [2.05, 4.69) is 4.98 Å². The first kappa shape index (κ1) is 17.4. The van der Waals surface area contributed by atoms with Crippen molar-refractivity contribution in [3.63, 3.8) is 0 Å². The summed E-state index contributed by atoms with van der Waals surface area (Å²) in [5.41, 5.74) is 0.367. The van der Waals surface area contributed by atoms with Crippen molar-refractivity contribution in [3.8, 4) is 5.75 Å². The van der Waals surface area contributed by atoms with E-state index in [1.807, 2.05) is 12.1 Å². The molecule has 1 aromatic heterocycles. The van der Waals surface area contributed by atoms with Crippen molar-refractivity contribution in [3.05, 3.63) is 60.2 Å². The van der Waals surface area contributed by atoms with E-state index < -0.39 is 5.60 Å². The minimum Gasteiger partial charge on any atom is -0.490 e. The Balaban J connectivity index is 1.59. The number of pyridine rings is 1. The predicted octanol–water partition coefficient (Wildman–Crippen LogP) is 2.46. The average molecular weight is 344 g/mol. The summed E-state index contributed by atoms with van der Waals surface area (Å²) in [6, 6.07) is 9.69. The van der Waals surface area contributed by atoms with Crippen molar-refractivity contribution in [2.45, 2.75) is 18.4 Å². The molecule has 0 saturated carbocycles. The molecule has 0 bridgehead atoms. The van der Waals surface area contributed by atoms with Gasteiger partial charge in [-0.1, -0.05) is 6.07 Å². The van der Waals surface area contributed by atoms with E-state index in [-0.39, 0.29) is 18.3 Å². The second kappa shape index (κ2) is 7.61. The van der Waals surface area contributed by atoms with Crippen molar-refractivity contribution in [1.82, 2.24) is 9.88 Å². The van der Waals surface area contributed by atoms with Gasteiger partial charge in [0.2, 0.25) is 5.91 Å². The quantitative estimate of drug-likeness (QED) is 0.808.